The van der Waals surface area contributed by atoms with Crippen LogP contribution in [0.1, 0.15) is 15.9 Å². The summed E-state index contributed by atoms with van der Waals surface area (Å²) in [5, 5.41) is 11.8. The first-order valence-corrected chi connectivity index (χ1v) is 8.67. The molecule has 2 aromatic carbocycles. The Morgan fingerprint density at radius 2 is 1.70 bits per heavy atom. The molecule has 0 fully saturated rings. The fourth-order valence-corrected chi connectivity index (χ4v) is 2.90. The Labute approximate surface area is 157 Å². The van der Waals surface area contributed by atoms with Gasteiger partial charge in [-0.15, -0.1) is 0 Å². The summed E-state index contributed by atoms with van der Waals surface area (Å²) in [6.07, 6.45) is 5.40. The lowest BCUT2D eigenvalue weighted by Gasteiger charge is -2.04. The van der Waals surface area contributed by atoms with Gasteiger partial charge in [0, 0.05) is 37.1 Å². The highest BCUT2D eigenvalue weighted by Gasteiger charge is 2.18. The van der Waals surface area contributed by atoms with Gasteiger partial charge in [-0.25, -0.2) is 4.68 Å². The monoisotopic (exact) mass is 357 g/mol. The van der Waals surface area contributed by atoms with Crippen LogP contribution in [0.25, 0.3) is 16.9 Å². The van der Waals surface area contributed by atoms with Crippen molar-refractivity contribution in [1.82, 2.24) is 24.9 Å². The van der Waals surface area contributed by atoms with Crippen LogP contribution in [0.5, 0.6) is 0 Å². The molecule has 4 aromatic rings. The number of nitrogens with one attached hydrogen (secondary N) is 1. The maximum atomic E-state index is 12.9. The van der Waals surface area contributed by atoms with Gasteiger partial charge in [0.2, 0.25) is 0 Å². The molecular weight excluding hydrogens is 338 g/mol. The SMILES string of the molecule is Cn1cc(CNC(=O)c2cn(-c3ccccc3)nc2-c2ccccc2)cn1. The Kier molecular flexibility index (Phi) is 4.53. The van der Waals surface area contributed by atoms with E-state index < -0.39 is 0 Å². The van der Waals surface area contributed by atoms with Crippen molar-refractivity contribution >= 4 is 5.91 Å². The molecule has 6 heteroatoms. The van der Waals surface area contributed by atoms with Crippen LogP contribution in [-0.4, -0.2) is 25.5 Å². The Morgan fingerprint density at radius 3 is 2.37 bits per heavy atom. The largest absolute Gasteiger partial charge is 0.348 e. The molecule has 1 N–H and O–H groups in total. The van der Waals surface area contributed by atoms with E-state index in [9.17, 15) is 4.79 Å². The number of hydrogen-bond acceptors (Lipinski definition) is 3. The third-order valence-corrected chi connectivity index (χ3v) is 4.24. The molecule has 0 spiro atoms. The van der Waals surface area contributed by atoms with Crippen molar-refractivity contribution in [2.45, 2.75) is 6.54 Å². The average molecular weight is 357 g/mol. The zero-order valence-electron chi connectivity index (χ0n) is 14.9. The number of benzene rings is 2. The molecule has 0 bridgehead atoms. The molecule has 0 radical (unpaired) electrons. The van der Waals surface area contributed by atoms with Crippen molar-refractivity contribution in [3.8, 4) is 16.9 Å². The Balaban J connectivity index is 1.67. The second-order valence-electron chi connectivity index (χ2n) is 6.24. The van der Waals surface area contributed by atoms with E-state index in [-0.39, 0.29) is 5.91 Å². The van der Waals surface area contributed by atoms with Gasteiger partial charge in [-0.05, 0) is 12.1 Å². The van der Waals surface area contributed by atoms with Crippen LogP contribution in [0.3, 0.4) is 0 Å². The van der Waals surface area contributed by atoms with Crippen LogP contribution < -0.4 is 5.32 Å². The van der Waals surface area contributed by atoms with Gasteiger partial charge < -0.3 is 5.32 Å². The molecule has 6 nitrogen and oxygen atoms in total. The molecule has 1 amide bonds. The Morgan fingerprint density at radius 1 is 1.00 bits per heavy atom. The number of aryl methyl sites for hydroxylation is 1. The van der Waals surface area contributed by atoms with E-state index >= 15 is 0 Å². The number of para-hydroxylation sites is 1. The second kappa shape index (κ2) is 7.29. The molecule has 134 valence electrons. The maximum absolute atomic E-state index is 12.9. The minimum atomic E-state index is -0.167. The van der Waals surface area contributed by atoms with Gasteiger partial charge in [-0.2, -0.15) is 10.2 Å². The highest BCUT2D eigenvalue weighted by atomic mass is 16.1. The smallest absolute Gasteiger partial charge is 0.255 e. The molecule has 4 rings (SSSR count). The highest BCUT2D eigenvalue weighted by molar-refractivity contribution is 5.99. The van der Waals surface area contributed by atoms with E-state index in [2.05, 4.69) is 15.5 Å². The molecule has 0 aliphatic carbocycles. The molecule has 0 unspecified atom stereocenters. The molecule has 2 heterocycles. The van der Waals surface area contributed by atoms with Gasteiger partial charge in [0.1, 0.15) is 5.69 Å². The average Bonchev–Trinajstić information content (AvgIpc) is 3.34. The number of carbonyl (C=O) groups is 1. The number of nitrogens with zero attached hydrogens (tertiary/aromatic N) is 4. The topological polar surface area (TPSA) is 64.7 Å². The van der Waals surface area contributed by atoms with Crippen molar-refractivity contribution in [1.29, 1.82) is 0 Å². The summed E-state index contributed by atoms with van der Waals surface area (Å²) in [5.41, 5.74) is 3.94. The molecule has 27 heavy (non-hydrogen) atoms. The summed E-state index contributed by atoms with van der Waals surface area (Å²) in [7, 11) is 1.85. The number of amides is 1. The van der Waals surface area contributed by atoms with Crippen LogP contribution in [0.2, 0.25) is 0 Å². The van der Waals surface area contributed by atoms with E-state index in [1.807, 2.05) is 73.9 Å². The Bertz CT molecular complexity index is 1050. The van der Waals surface area contributed by atoms with E-state index in [0.29, 0.717) is 17.8 Å². The Hall–Kier alpha value is -3.67. The lowest BCUT2D eigenvalue weighted by molar-refractivity contribution is 0.0951. The summed E-state index contributed by atoms with van der Waals surface area (Å²) in [6, 6.07) is 19.5. The predicted molar refractivity (Wildman–Crippen MR) is 103 cm³/mol. The van der Waals surface area contributed by atoms with Gasteiger partial charge in [0.05, 0.1) is 17.4 Å². The van der Waals surface area contributed by atoms with Crippen LogP contribution >= 0.6 is 0 Å². The standard InChI is InChI=1S/C21H19N5O/c1-25-14-16(13-23-25)12-22-21(27)19-15-26(18-10-6-3-7-11-18)24-20(19)17-8-4-2-5-9-17/h2-11,13-15H,12H2,1H3,(H,22,27). The minimum Gasteiger partial charge on any atom is -0.348 e. The van der Waals surface area contributed by atoms with Crippen LogP contribution in [0, 0.1) is 0 Å². The van der Waals surface area contributed by atoms with Gasteiger partial charge in [-0.3, -0.25) is 9.48 Å². The third-order valence-electron chi connectivity index (χ3n) is 4.24. The van der Waals surface area contributed by atoms with Gasteiger partial charge in [-0.1, -0.05) is 48.5 Å². The molecular formula is C21H19N5O. The normalized spacial score (nSPS) is 10.7. The maximum Gasteiger partial charge on any atom is 0.255 e. The van der Waals surface area contributed by atoms with E-state index in [1.54, 1.807) is 21.8 Å². The van der Waals surface area contributed by atoms with E-state index in [1.165, 1.54) is 0 Å². The fourth-order valence-electron chi connectivity index (χ4n) is 2.90. The minimum absolute atomic E-state index is 0.167. The molecule has 0 atom stereocenters. The summed E-state index contributed by atoms with van der Waals surface area (Å²) >= 11 is 0. The van der Waals surface area contributed by atoms with E-state index in [0.717, 1.165) is 16.8 Å². The number of aromatic nitrogens is 4. The first kappa shape index (κ1) is 16.8. The third kappa shape index (κ3) is 3.64. The first-order chi connectivity index (χ1) is 13.2. The lowest BCUT2D eigenvalue weighted by Crippen LogP contribution is -2.22. The summed E-state index contributed by atoms with van der Waals surface area (Å²) in [4.78, 5) is 12.9. The van der Waals surface area contributed by atoms with Gasteiger partial charge in [0.25, 0.3) is 5.91 Å². The molecule has 0 saturated heterocycles. The van der Waals surface area contributed by atoms with Crippen LogP contribution in [0.4, 0.5) is 0 Å². The zero-order chi connectivity index (χ0) is 18.6. The summed E-state index contributed by atoms with van der Waals surface area (Å²) in [5.74, 6) is -0.167. The van der Waals surface area contributed by atoms with Crippen molar-refractivity contribution in [3.05, 3.63) is 90.4 Å². The van der Waals surface area contributed by atoms with Gasteiger partial charge >= 0.3 is 0 Å². The van der Waals surface area contributed by atoms with Crippen molar-refractivity contribution in [2.24, 2.45) is 7.05 Å². The van der Waals surface area contributed by atoms with Crippen molar-refractivity contribution in [3.63, 3.8) is 0 Å². The summed E-state index contributed by atoms with van der Waals surface area (Å²) < 4.78 is 3.45. The van der Waals surface area contributed by atoms with Crippen LogP contribution in [0.15, 0.2) is 79.3 Å². The van der Waals surface area contributed by atoms with Gasteiger partial charge in [0.15, 0.2) is 0 Å². The second-order valence-corrected chi connectivity index (χ2v) is 6.24. The zero-order valence-corrected chi connectivity index (χ0v) is 14.9. The molecule has 0 aliphatic heterocycles. The molecule has 0 saturated carbocycles. The quantitative estimate of drug-likeness (QED) is 0.596. The highest BCUT2D eigenvalue weighted by Crippen LogP contribution is 2.23. The van der Waals surface area contributed by atoms with Crippen LogP contribution in [-0.2, 0) is 13.6 Å². The van der Waals surface area contributed by atoms with Crippen molar-refractivity contribution < 1.29 is 4.79 Å². The summed E-state index contributed by atoms with van der Waals surface area (Å²) in [6.45, 7) is 0.414. The fraction of sp³-hybridized carbons (Fsp3) is 0.0952. The lowest BCUT2D eigenvalue weighted by atomic mass is 10.1. The number of hydrogen-bond donors (Lipinski definition) is 1. The first-order valence-electron chi connectivity index (χ1n) is 8.67. The molecule has 0 aliphatic rings. The number of carbonyl (C=O) groups excluding carboxylic acids is 1. The predicted octanol–water partition coefficient (Wildman–Crippen LogP) is 3.20. The number of rotatable bonds is 5. The molecule has 2 aromatic heterocycles. The van der Waals surface area contributed by atoms with Crippen molar-refractivity contribution in [2.75, 3.05) is 0 Å². The van der Waals surface area contributed by atoms with E-state index in [4.69, 9.17) is 0 Å².